The van der Waals surface area contributed by atoms with Gasteiger partial charge in [0.25, 0.3) is 0 Å². The Hall–Kier alpha value is -1.52. The van der Waals surface area contributed by atoms with Crippen molar-refractivity contribution in [1.29, 1.82) is 0 Å². The lowest BCUT2D eigenvalue weighted by Gasteiger charge is -2.19. The van der Waals surface area contributed by atoms with Crippen LogP contribution in [0.25, 0.3) is 10.9 Å². The predicted octanol–water partition coefficient (Wildman–Crippen LogP) is 2.40. The standard InChI is InChI=1S/C14H19N2O2/c1-10(17-4)18-13-6-5-11-7-8-15-14(11)12(13)9-16(2)3/h5-6,8,10,15H,9H2,1-4H3. The van der Waals surface area contributed by atoms with Crippen molar-refractivity contribution in [3.05, 3.63) is 30.0 Å². The average Bonchev–Trinajstić information content (AvgIpc) is 2.79. The molecule has 1 unspecified atom stereocenters. The van der Waals surface area contributed by atoms with Gasteiger partial charge in [0.1, 0.15) is 5.75 Å². The van der Waals surface area contributed by atoms with Crippen LogP contribution < -0.4 is 4.74 Å². The number of benzene rings is 1. The molecule has 1 aromatic heterocycles. The maximum absolute atomic E-state index is 5.79. The first-order chi connectivity index (χ1) is 8.61. The molecule has 0 aliphatic rings. The summed E-state index contributed by atoms with van der Waals surface area (Å²) in [7, 11) is 5.71. The number of nitrogens with one attached hydrogen (secondary N) is 1. The van der Waals surface area contributed by atoms with Crippen molar-refractivity contribution in [2.24, 2.45) is 0 Å². The quantitative estimate of drug-likeness (QED) is 0.824. The number of H-pyrrole nitrogens is 1. The lowest BCUT2D eigenvalue weighted by atomic mass is 10.1. The molecule has 1 radical (unpaired) electrons. The van der Waals surface area contributed by atoms with E-state index in [2.05, 4.69) is 16.0 Å². The molecule has 0 aliphatic heterocycles. The zero-order valence-corrected chi connectivity index (χ0v) is 11.3. The van der Waals surface area contributed by atoms with Crippen LogP contribution in [0, 0.1) is 6.07 Å². The molecule has 0 saturated heterocycles. The number of rotatable bonds is 5. The first kappa shape index (κ1) is 12.9. The highest BCUT2D eigenvalue weighted by Crippen LogP contribution is 2.28. The number of hydrogen-bond acceptors (Lipinski definition) is 3. The molecule has 0 spiro atoms. The van der Waals surface area contributed by atoms with Gasteiger partial charge in [-0.15, -0.1) is 0 Å². The zero-order chi connectivity index (χ0) is 13.1. The molecular weight excluding hydrogens is 228 g/mol. The first-order valence-electron chi connectivity index (χ1n) is 5.96. The molecule has 4 nitrogen and oxygen atoms in total. The van der Waals surface area contributed by atoms with Crippen molar-refractivity contribution < 1.29 is 9.47 Å². The normalized spacial score (nSPS) is 13.2. The minimum absolute atomic E-state index is 0.262. The molecule has 2 rings (SSSR count). The van der Waals surface area contributed by atoms with Crippen LogP contribution in [-0.2, 0) is 11.3 Å². The highest BCUT2D eigenvalue weighted by Gasteiger charge is 2.13. The monoisotopic (exact) mass is 247 g/mol. The minimum atomic E-state index is -0.262. The summed E-state index contributed by atoms with van der Waals surface area (Å²) in [5.74, 6) is 0.849. The van der Waals surface area contributed by atoms with Crippen LogP contribution in [0.15, 0.2) is 18.3 Å². The molecule has 4 heteroatoms. The fourth-order valence-corrected chi connectivity index (χ4v) is 1.91. The van der Waals surface area contributed by atoms with Crippen LogP contribution in [0.1, 0.15) is 12.5 Å². The summed E-state index contributed by atoms with van der Waals surface area (Å²) in [4.78, 5) is 5.33. The van der Waals surface area contributed by atoms with Crippen LogP contribution in [0.2, 0.25) is 0 Å². The van der Waals surface area contributed by atoms with Crippen molar-refractivity contribution in [3.8, 4) is 5.75 Å². The molecule has 0 amide bonds. The van der Waals surface area contributed by atoms with Gasteiger partial charge in [-0.3, -0.25) is 0 Å². The van der Waals surface area contributed by atoms with E-state index in [1.807, 2.05) is 39.3 Å². The van der Waals surface area contributed by atoms with E-state index in [-0.39, 0.29) is 6.29 Å². The van der Waals surface area contributed by atoms with E-state index >= 15 is 0 Å². The summed E-state index contributed by atoms with van der Waals surface area (Å²) in [5.41, 5.74) is 2.20. The van der Waals surface area contributed by atoms with Gasteiger partial charge in [-0.05, 0) is 33.2 Å². The lowest BCUT2D eigenvalue weighted by Crippen LogP contribution is -2.17. The molecule has 18 heavy (non-hydrogen) atoms. The number of nitrogens with zero attached hydrogens (tertiary/aromatic N) is 1. The molecule has 1 aromatic carbocycles. The van der Waals surface area contributed by atoms with E-state index < -0.39 is 0 Å². The number of aromatic amines is 1. The van der Waals surface area contributed by atoms with Gasteiger partial charge in [0.15, 0.2) is 6.29 Å². The summed E-state index contributed by atoms with van der Waals surface area (Å²) in [6.45, 7) is 2.68. The second kappa shape index (κ2) is 5.42. The van der Waals surface area contributed by atoms with E-state index in [4.69, 9.17) is 9.47 Å². The summed E-state index contributed by atoms with van der Waals surface area (Å²) >= 11 is 0. The molecule has 0 saturated carbocycles. The Morgan fingerprint density at radius 1 is 1.39 bits per heavy atom. The Morgan fingerprint density at radius 2 is 2.17 bits per heavy atom. The first-order valence-corrected chi connectivity index (χ1v) is 5.96. The van der Waals surface area contributed by atoms with Crippen LogP contribution >= 0.6 is 0 Å². The maximum Gasteiger partial charge on any atom is 0.196 e. The van der Waals surface area contributed by atoms with Crippen molar-refractivity contribution in [2.75, 3.05) is 21.2 Å². The van der Waals surface area contributed by atoms with Gasteiger partial charge in [0.05, 0.1) is 5.52 Å². The molecule has 97 valence electrons. The summed E-state index contributed by atoms with van der Waals surface area (Å²) in [5, 5.41) is 1.07. The Labute approximate surface area is 107 Å². The van der Waals surface area contributed by atoms with Gasteiger partial charge in [0, 0.05) is 36.9 Å². The second-order valence-corrected chi connectivity index (χ2v) is 4.56. The molecule has 2 aromatic rings. The predicted molar refractivity (Wildman–Crippen MR) is 71.6 cm³/mol. The van der Waals surface area contributed by atoms with E-state index in [0.717, 1.165) is 28.8 Å². The molecule has 0 bridgehead atoms. The third-order valence-corrected chi connectivity index (χ3v) is 2.81. The van der Waals surface area contributed by atoms with Crippen LogP contribution in [-0.4, -0.2) is 37.4 Å². The van der Waals surface area contributed by atoms with Crippen molar-refractivity contribution in [2.45, 2.75) is 19.8 Å². The SMILES string of the molecule is COC(C)Oc1ccc2[c]c[nH]c2c1CN(C)C. The number of ether oxygens (including phenoxy) is 2. The molecule has 0 fully saturated rings. The van der Waals surface area contributed by atoms with Crippen molar-refractivity contribution >= 4 is 10.9 Å². The number of methoxy groups -OCH3 is 1. The molecule has 1 heterocycles. The van der Waals surface area contributed by atoms with Crippen molar-refractivity contribution in [1.82, 2.24) is 9.88 Å². The number of aromatic nitrogens is 1. The third-order valence-electron chi connectivity index (χ3n) is 2.81. The van der Waals surface area contributed by atoms with Gasteiger partial charge in [-0.25, -0.2) is 0 Å². The van der Waals surface area contributed by atoms with Crippen LogP contribution in [0.4, 0.5) is 0 Å². The average molecular weight is 247 g/mol. The Kier molecular flexibility index (Phi) is 3.89. The second-order valence-electron chi connectivity index (χ2n) is 4.56. The highest BCUT2D eigenvalue weighted by atomic mass is 16.7. The van der Waals surface area contributed by atoms with Crippen molar-refractivity contribution in [3.63, 3.8) is 0 Å². The van der Waals surface area contributed by atoms with E-state index in [1.165, 1.54) is 0 Å². The van der Waals surface area contributed by atoms with Gasteiger partial charge in [-0.2, -0.15) is 0 Å². The fourth-order valence-electron chi connectivity index (χ4n) is 1.91. The lowest BCUT2D eigenvalue weighted by molar-refractivity contribution is -0.0389. The van der Waals surface area contributed by atoms with Crippen LogP contribution in [0.5, 0.6) is 5.75 Å². The fraction of sp³-hybridized carbons (Fsp3) is 0.429. The molecule has 1 N–H and O–H groups in total. The largest absolute Gasteiger partial charge is 0.465 e. The summed E-state index contributed by atoms with van der Waals surface area (Å²) < 4.78 is 10.9. The van der Waals surface area contributed by atoms with Gasteiger partial charge in [0.2, 0.25) is 0 Å². The maximum atomic E-state index is 5.79. The smallest absolute Gasteiger partial charge is 0.196 e. The summed E-state index contributed by atoms with van der Waals surface area (Å²) in [6, 6.07) is 7.14. The van der Waals surface area contributed by atoms with Gasteiger partial charge >= 0.3 is 0 Å². The number of hydrogen-bond donors (Lipinski definition) is 1. The third kappa shape index (κ3) is 2.66. The van der Waals surface area contributed by atoms with Crippen LogP contribution in [0.3, 0.4) is 0 Å². The number of fused-ring (bicyclic) bond motifs is 1. The summed E-state index contributed by atoms with van der Waals surface area (Å²) in [6.07, 6.45) is 1.56. The Balaban J connectivity index is 2.43. The van der Waals surface area contributed by atoms with E-state index in [0.29, 0.717) is 0 Å². The Bertz CT molecular complexity index is 519. The molecular formula is C14H19N2O2. The van der Waals surface area contributed by atoms with Gasteiger partial charge < -0.3 is 19.4 Å². The molecule has 0 aliphatic carbocycles. The van der Waals surface area contributed by atoms with E-state index in [1.54, 1.807) is 7.11 Å². The minimum Gasteiger partial charge on any atom is -0.465 e. The zero-order valence-electron chi connectivity index (χ0n) is 11.3. The van der Waals surface area contributed by atoms with Gasteiger partial charge in [-0.1, -0.05) is 0 Å². The van der Waals surface area contributed by atoms with E-state index in [9.17, 15) is 0 Å². The molecule has 1 atom stereocenters. The topological polar surface area (TPSA) is 37.5 Å². The highest BCUT2D eigenvalue weighted by molar-refractivity contribution is 5.84. The Morgan fingerprint density at radius 3 is 2.83 bits per heavy atom.